The average molecular weight is 364 g/mol. The second-order valence-electron chi connectivity index (χ2n) is 7.78. The second-order valence-corrected chi connectivity index (χ2v) is 7.78. The molecule has 8 nitrogen and oxygen atoms in total. The first kappa shape index (κ1) is 21.3. The van der Waals surface area contributed by atoms with Crippen LogP contribution < -0.4 is 11.1 Å². The van der Waals surface area contributed by atoms with Crippen LogP contribution in [-0.4, -0.2) is 34.2 Å². The van der Waals surface area contributed by atoms with E-state index >= 15 is 0 Å². The molecule has 0 saturated heterocycles. The lowest BCUT2D eigenvalue weighted by Crippen LogP contribution is -2.49. The molecule has 0 saturated carbocycles. The number of hydrogen-bond acceptors (Lipinski definition) is 6. The van der Waals surface area contributed by atoms with Crippen molar-refractivity contribution in [1.82, 2.24) is 10.2 Å². The molecule has 0 aliphatic heterocycles. The van der Waals surface area contributed by atoms with Crippen molar-refractivity contribution in [2.45, 2.75) is 59.3 Å². The van der Waals surface area contributed by atoms with Gasteiger partial charge in [-0.25, -0.2) is 14.5 Å². The lowest BCUT2D eigenvalue weighted by Gasteiger charge is -2.28. The molecule has 1 aromatic carbocycles. The minimum absolute atomic E-state index is 0.0316. The molecule has 0 unspecified atom stereocenters. The quantitative estimate of drug-likeness (QED) is 0.422. The van der Waals surface area contributed by atoms with Gasteiger partial charge in [-0.2, -0.15) is 0 Å². The highest BCUT2D eigenvalue weighted by Gasteiger charge is 2.27. The molecule has 26 heavy (non-hydrogen) atoms. The van der Waals surface area contributed by atoms with Gasteiger partial charge in [0, 0.05) is 5.69 Å². The maximum absolute atomic E-state index is 12.5. The number of nitrogen functional groups attached to an aromatic ring is 1. The van der Waals surface area contributed by atoms with Gasteiger partial charge in [0.25, 0.3) is 0 Å². The van der Waals surface area contributed by atoms with E-state index in [-0.39, 0.29) is 6.54 Å². The highest BCUT2D eigenvalue weighted by molar-refractivity contribution is 5.99. The number of anilines is 1. The van der Waals surface area contributed by atoms with Gasteiger partial charge >= 0.3 is 12.2 Å². The molecule has 0 atom stereocenters. The molecule has 8 heteroatoms. The second kappa shape index (κ2) is 8.07. The first-order chi connectivity index (χ1) is 11.8. The van der Waals surface area contributed by atoms with Crippen LogP contribution in [0.15, 0.2) is 24.3 Å². The molecule has 4 N–H and O–H groups in total. The van der Waals surface area contributed by atoms with Crippen LogP contribution in [0.1, 0.15) is 47.1 Å². The lowest BCUT2D eigenvalue weighted by atomic mass is 10.2. The summed E-state index contributed by atoms with van der Waals surface area (Å²) >= 11 is 0. The van der Waals surface area contributed by atoms with E-state index in [4.69, 9.17) is 20.6 Å². The maximum atomic E-state index is 12.5. The number of amides is 2. The smallest absolute Gasteiger partial charge is 0.417 e. The third-order valence-electron chi connectivity index (χ3n) is 2.82. The maximum Gasteiger partial charge on any atom is 0.417 e. The molecule has 2 amide bonds. The number of hydrogen-bond donors (Lipinski definition) is 3. The Bertz CT molecular complexity index is 657. The van der Waals surface area contributed by atoms with Gasteiger partial charge in [-0.1, -0.05) is 12.1 Å². The zero-order valence-corrected chi connectivity index (χ0v) is 16.2. The van der Waals surface area contributed by atoms with Gasteiger partial charge in [-0.3, -0.25) is 10.7 Å². The summed E-state index contributed by atoms with van der Waals surface area (Å²) in [5, 5.41) is 10.4. The standard InChI is InChI=1S/C18H28N4O4/c1-17(2,3)25-15(23)21-14(20)22(16(24)26-18(4,5)6)11-12-7-9-13(19)10-8-12/h7-10H,11,19H2,1-6H3,(H2,20,21,23). The van der Waals surface area contributed by atoms with Crippen LogP contribution in [0, 0.1) is 5.41 Å². The lowest BCUT2D eigenvalue weighted by molar-refractivity contribution is 0.0346. The Kier molecular flexibility index (Phi) is 6.60. The third kappa shape index (κ3) is 7.87. The molecule has 0 aliphatic carbocycles. The summed E-state index contributed by atoms with van der Waals surface area (Å²) in [6.45, 7) is 10.3. The van der Waals surface area contributed by atoms with Crippen LogP contribution in [0.25, 0.3) is 0 Å². The molecule has 0 aromatic heterocycles. The van der Waals surface area contributed by atoms with Crippen molar-refractivity contribution in [3.63, 3.8) is 0 Å². The van der Waals surface area contributed by atoms with Crippen molar-refractivity contribution in [2.75, 3.05) is 5.73 Å². The molecule has 0 aliphatic rings. The fourth-order valence-electron chi connectivity index (χ4n) is 1.83. The molecular weight excluding hydrogens is 336 g/mol. The number of carbonyl (C=O) groups is 2. The van der Waals surface area contributed by atoms with Crippen molar-refractivity contribution in [3.05, 3.63) is 29.8 Å². The van der Waals surface area contributed by atoms with E-state index in [1.807, 2.05) is 0 Å². The van der Waals surface area contributed by atoms with E-state index < -0.39 is 29.3 Å². The summed E-state index contributed by atoms with van der Waals surface area (Å²) in [5.41, 5.74) is 5.50. The summed E-state index contributed by atoms with van der Waals surface area (Å²) in [6, 6.07) is 6.84. The molecule has 0 heterocycles. The molecule has 144 valence electrons. The number of guanidine groups is 1. The Morgan fingerprint density at radius 3 is 2.00 bits per heavy atom. The summed E-state index contributed by atoms with van der Waals surface area (Å²) < 4.78 is 10.4. The zero-order chi connectivity index (χ0) is 20.1. The summed E-state index contributed by atoms with van der Waals surface area (Å²) in [6.07, 6.45) is -1.58. The third-order valence-corrected chi connectivity index (χ3v) is 2.82. The number of rotatable bonds is 2. The fraction of sp³-hybridized carbons (Fsp3) is 0.500. The monoisotopic (exact) mass is 364 g/mol. The van der Waals surface area contributed by atoms with Crippen molar-refractivity contribution in [2.24, 2.45) is 0 Å². The highest BCUT2D eigenvalue weighted by Crippen LogP contribution is 2.14. The Labute approximate surface area is 154 Å². The topological polar surface area (TPSA) is 118 Å². The van der Waals surface area contributed by atoms with Gasteiger partial charge < -0.3 is 15.2 Å². The van der Waals surface area contributed by atoms with E-state index in [9.17, 15) is 9.59 Å². The SMILES string of the molecule is CC(C)(C)OC(=O)NC(=N)N(Cc1ccc(N)cc1)C(=O)OC(C)(C)C. The van der Waals surface area contributed by atoms with Crippen LogP contribution in [0.3, 0.4) is 0 Å². The zero-order valence-electron chi connectivity index (χ0n) is 16.2. The van der Waals surface area contributed by atoms with Crippen LogP contribution >= 0.6 is 0 Å². The van der Waals surface area contributed by atoms with Crippen LogP contribution in [0.5, 0.6) is 0 Å². The minimum atomic E-state index is -0.826. The molecule has 0 radical (unpaired) electrons. The average Bonchev–Trinajstić information content (AvgIpc) is 2.42. The summed E-state index contributed by atoms with van der Waals surface area (Å²) in [5.74, 6) is -0.440. The molecule has 1 aromatic rings. The number of benzene rings is 1. The van der Waals surface area contributed by atoms with Crippen LogP contribution in [-0.2, 0) is 16.0 Å². The predicted octanol–water partition coefficient (Wildman–Crippen LogP) is 3.47. The number of nitrogens with zero attached hydrogens (tertiary/aromatic N) is 1. The van der Waals surface area contributed by atoms with Crippen molar-refractivity contribution < 1.29 is 19.1 Å². The summed E-state index contributed by atoms with van der Waals surface area (Å²) in [7, 11) is 0. The van der Waals surface area contributed by atoms with Crippen LogP contribution in [0.2, 0.25) is 0 Å². The van der Waals surface area contributed by atoms with Gasteiger partial charge in [-0.05, 0) is 59.2 Å². The first-order valence-electron chi connectivity index (χ1n) is 8.20. The van der Waals surface area contributed by atoms with E-state index in [1.54, 1.807) is 65.8 Å². The van der Waals surface area contributed by atoms with Gasteiger partial charge in [0.05, 0.1) is 6.54 Å². The normalized spacial score (nSPS) is 11.5. The Morgan fingerprint density at radius 1 is 1.04 bits per heavy atom. The van der Waals surface area contributed by atoms with Gasteiger partial charge in [-0.15, -0.1) is 0 Å². The largest absolute Gasteiger partial charge is 0.444 e. The number of alkyl carbamates (subject to hydrolysis) is 1. The Morgan fingerprint density at radius 2 is 1.54 bits per heavy atom. The van der Waals surface area contributed by atoms with Crippen LogP contribution in [0.4, 0.5) is 15.3 Å². The molecule has 0 fully saturated rings. The predicted molar refractivity (Wildman–Crippen MR) is 99.7 cm³/mol. The highest BCUT2D eigenvalue weighted by atomic mass is 16.6. The number of nitrogens with two attached hydrogens (primary N) is 1. The van der Waals surface area contributed by atoms with Crippen molar-refractivity contribution >= 4 is 23.8 Å². The van der Waals surface area contributed by atoms with Gasteiger partial charge in [0.1, 0.15) is 11.2 Å². The molecule has 1 rings (SSSR count). The number of nitrogens with one attached hydrogen (secondary N) is 2. The molecular formula is C18H28N4O4. The van der Waals surface area contributed by atoms with E-state index in [0.29, 0.717) is 5.69 Å². The first-order valence-corrected chi connectivity index (χ1v) is 8.20. The fourth-order valence-corrected chi connectivity index (χ4v) is 1.83. The Hall–Kier alpha value is -2.77. The van der Waals surface area contributed by atoms with Crippen molar-refractivity contribution in [3.8, 4) is 0 Å². The van der Waals surface area contributed by atoms with Crippen molar-refractivity contribution in [1.29, 1.82) is 5.41 Å². The summed E-state index contributed by atoms with van der Waals surface area (Å²) in [4.78, 5) is 25.4. The van der Waals surface area contributed by atoms with Gasteiger partial charge in [0.15, 0.2) is 0 Å². The molecule has 0 bridgehead atoms. The minimum Gasteiger partial charge on any atom is -0.444 e. The molecule has 0 spiro atoms. The number of carbonyl (C=O) groups excluding carboxylic acids is 2. The van der Waals surface area contributed by atoms with E-state index in [1.165, 1.54) is 0 Å². The van der Waals surface area contributed by atoms with Gasteiger partial charge in [0.2, 0.25) is 5.96 Å². The van der Waals surface area contributed by atoms with E-state index in [0.717, 1.165) is 10.5 Å². The van der Waals surface area contributed by atoms with E-state index in [2.05, 4.69) is 5.32 Å². The number of ether oxygens (including phenoxy) is 2. The Balaban J connectivity index is 2.95.